The summed E-state index contributed by atoms with van der Waals surface area (Å²) in [4.78, 5) is 3.64. The van der Waals surface area contributed by atoms with Crippen molar-refractivity contribution in [3.05, 3.63) is 52.5 Å². The van der Waals surface area contributed by atoms with Crippen molar-refractivity contribution in [1.82, 2.24) is 4.98 Å². The normalized spacial score (nSPS) is 10.3. The quantitative estimate of drug-likeness (QED) is 0.712. The van der Waals surface area contributed by atoms with Crippen LogP contribution in [0.25, 0.3) is 11.1 Å². The largest absolute Gasteiger partial charge is 0.228 e. The first-order valence-electron chi connectivity index (χ1n) is 4.55. The first-order chi connectivity index (χ1) is 7.16. The summed E-state index contributed by atoms with van der Waals surface area (Å²) in [7, 11) is 0. The highest BCUT2D eigenvalue weighted by molar-refractivity contribution is 9.10. The van der Waals surface area contributed by atoms with Crippen LogP contribution < -0.4 is 0 Å². The molecule has 1 heterocycles. The van der Waals surface area contributed by atoms with Crippen molar-refractivity contribution >= 4 is 15.9 Å². The smallest absolute Gasteiger partial charge is 0.212 e. The Bertz CT molecular complexity index is 479. The number of pyridine rings is 1. The van der Waals surface area contributed by atoms with E-state index in [1.807, 2.05) is 25.1 Å². The van der Waals surface area contributed by atoms with Crippen LogP contribution in [0.2, 0.25) is 0 Å². The molecule has 2 rings (SSSR count). The molecule has 0 unspecified atom stereocenters. The molecule has 2 aromatic rings. The van der Waals surface area contributed by atoms with Crippen LogP contribution in [0.15, 0.2) is 41.0 Å². The van der Waals surface area contributed by atoms with Crippen LogP contribution in [0.1, 0.15) is 5.56 Å². The van der Waals surface area contributed by atoms with E-state index in [1.54, 1.807) is 12.3 Å². The van der Waals surface area contributed by atoms with E-state index >= 15 is 0 Å². The lowest BCUT2D eigenvalue weighted by Crippen LogP contribution is -1.86. The summed E-state index contributed by atoms with van der Waals surface area (Å²) in [5.41, 5.74) is 3.14. The van der Waals surface area contributed by atoms with Gasteiger partial charge in [0.05, 0.1) is 0 Å². The van der Waals surface area contributed by atoms with E-state index in [9.17, 15) is 4.39 Å². The molecule has 0 spiro atoms. The Morgan fingerprint density at radius 3 is 2.60 bits per heavy atom. The van der Waals surface area contributed by atoms with Gasteiger partial charge in [-0.1, -0.05) is 22.0 Å². The molecule has 0 bridgehead atoms. The molecule has 0 saturated heterocycles. The van der Waals surface area contributed by atoms with Crippen molar-refractivity contribution in [3.8, 4) is 11.1 Å². The summed E-state index contributed by atoms with van der Waals surface area (Å²) >= 11 is 3.40. The molecule has 3 heteroatoms. The molecule has 1 aromatic heterocycles. The van der Waals surface area contributed by atoms with Gasteiger partial charge in [0.1, 0.15) is 0 Å². The Hall–Kier alpha value is -1.22. The first-order valence-corrected chi connectivity index (χ1v) is 5.34. The Balaban J connectivity index is 2.49. The lowest BCUT2D eigenvalue weighted by Gasteiger charge is -2.05. The molecule has 0 aliphatic carbocycles. The van der Waals surface area contributed by atoms with Crippen molar-refractivity contribution < 1.29 is 4.39 Å². The van der Waals surface area contributed by atoms with Crippen molar-refractivity contribution in [1.29, 1.82) is 0 Å². The summed E-state index contributed by atoms with van der Waals surface area (Å²) in [6.45, 7) is 2.02. The highest BCUT2D eigenvalue weighted by Gasteiger charge is 2.02. The van der Waals surface area contributed by atoms with Gasteiger partial charge < -0.3 is 0 Å². The van der Waals surface area contributed by atoms with Gasteiger partial charge in [-0.3, -0.25) is 0 Å². The van der Waals surface area contributed by atoms with Crippen LogP contribution in [0, 0.1) is 12.9 Å². The van der Waals surface area contributed by atoms with E-state index in [2.05, 4.69) is 20.9 Å². The SMILES string of the molecule is Cc1cc(Br)ccc1-c1ccc(F)nc1. The van der Waals surface area contributed by atoms with Gasteiger partial charge in [-0.25, -0.2) is 4.98 Å². The lowest BCUT2D eigenvalue weighted by molar-refractivity contribution is 0.584. The Labute approximate surface area is 96.1 Å². The molecule has 0 atom stereocenters. The van der Waals surface area contributed by atoms with Gasteiger partial charge in [-0.15, -0.1) is 0 Å². The van der Waals surface area contributed by atoms with Crippen LogP contribution in [0.5, 0.6) is 0 Å². The highest BCUT2D eigenvalue weighted by atomic mass is 79.9. The molecule has 1 nitrogen and oxygen atoms in total. The summed E-state index contributed by atoms with van der Waals surface area (Å²) < 4.78 is 13.7. The Morgan fingerprint density at radius 2 is 2.00 bits per heavy atom. The molecule has 0 aliphatic rings. The molecule has 1 aromatic carbocycles. The highest BCUT2D eigenvalue weighted by Crippen LogP contribution is 2.25. The molecule has 15 heavy (non-hydrogen) atoms. The van der Waals surface area contributed by atoms with E-state index in [1.165, 1.54) is 6.07 Å². The average Bonchev–Trinajstić information content (AvgIpc) is 2.20. The van der Waals surface area contributed by atoms with Gasteiger partial charge in [-0.05, 0) is 42.3 Å². The molecular formula is C12H9BrFN. The number of aromatic nitrogens is 1. The second kappa shape index (κ2) is 4.11. The molecule has 0 N–H and O–H groups in total. The second-order valence-electron chi connectivity index (χ2n) is 3.33. The standard InChI is InChI=1S/C12H9BrFN/c1-8-6-10(13)3-4-11(8)9-2-5-12(14)15-7-9/h2-7H,1H3. The zero-order valence-corrected chi connectivity index (χ0v) is 9.75. The number of nitrogens with zero attached hydrogens (tertiary/aromatic N) is 1. The number of hydrogen-bond donors (Lipinski definition) is 0. The number of halogens is 2. The zero-order chi connectivity index (χ0) is 10.8. The molecular weight excluding hydrogens is 257 g/mol. The van der Waals surface area contributed by atoms with Crippen LogP contribution in [-0.2, 0) is 0 Å². The maximum absolute atomic E-state index is 12.6. The van der Waals surface area contributed by atoms with Gasteiger partial charge in [-0.2, -0.15) is 4.39 Å². The summed E-state index contributed by atoms with van der Waals surface area (Å²) in [6.07, 6.45) is 1.55. The van der Waals surface area contributed by atoms with Crippen LogP contribution in [0.3, 0.4) is 0 Å². The third kappa shape index (κ3) is 2.23. The van der Waals surface area contributed by atoms with E-state index in [0.717, 1.165) is 21.2 Å². The maximum atomic E-state index is 12.6. The Kier molecular flexibility index (Phi) is 2.82. The minimum atomic E-state index is -0.450. The molecule has 0 aliphatic heterocycles. The minimum absolute atomic E-state index is 0.450. The van der Waals surface area contributed by atoms with Crippen molar-refractivity contribution in [2.24, 2.45) is 0 Å². The second-order valence-corrected chi connectivity index (χ2v) is 4.24. The van der Waals surface area contributed by atoms with Gasteiger partial charge >= 0.3 is 0 Å². The number of benzene rings is 1. The summed E-state index contributed by atoms with van der Waals surface area (Å²) in [5, 5.41) is 0. The van der Waals surface area contributed by atoms with E-state index in [0.29, 0.717) is 0 Å². The van der Waals surface area contributed by atoms with Gasteiger partial charge in [0.15, 0.2) is 0 Å². The zero-order valence-electron chi connectivity index (χ0n) is 8.17. The van der Waals surface area contributed by atoms with Gasteiger partial charge in [0.2, 0.25) is 5.95 Å². The van der Waals surface area contributed by atoms with Crippen LogP contribution in [0.4, 0.5) is 4.39 Å². The van der Waals surface area contributed by atoms with Crippen LogP contribution in [-0.4, -0.2) is 4.98 Å². The lowest BCUT2D eigenvalue weighted by atomic mass is 10.0. The summed E-state index contributed by atoms with van der Waals surface area (Å²) in [6, 6.07) is 9.09. The van der Waals surface area contributed by atoms with E-state index in [-0.39, 0.29) is 0 Å². The van der Waals surface area contributed by atoms with Gasteiger partial charge in [0, 0.05) is 16.2 Å². The predicted molar refractivity (Wildman–Crippen MR) is 62.1 cm³/mol. The summed E-state index contributed by atoms with van der Waals surface area (Å²) in [5.74, 6) is -0.450. The van der Waals surface area contributed by atoms with E-state index < -0.39 is 5.95 Å². The van der Waals surface area contributed by atoms with Crippen molar-refractivity contribution in [2.75, 3.05) is 0 Å². The van der Waals surface area contributed by atoms with E-state index in [4.69, 9.17) is 0 Å². The minimum Gasteiger partial charge on any atom is -0.228 e. The third-order valence-electron chi connectivity index (χ3n) is 2.23. The number of aryl methyl sites for hydroxylation is 1. The number of rotatable bonds is 1. The average molecular weight is 266 g/mol. The van der Waals surface area contributed by atoms with Gasteiger partial charge in [0.25, 0.3) is 0 Å². The van der Waals surface area contributed by atoms with Crippen molar-refractivity contribution in [2.45, 2.75) is 6.92 Å². The predicted octanol–water partition coefficient (Wildman–Crippen LogP) is 3.96. The molecule has 76 valence electrons. The monoisotopic (exact) mass is 265 g/mol. The first kappa shape index (κ1) is 10.3. The fourth-order valence-corrected chi connectivity index (χ4v) is 1.96. The maximum Gasteiger partial charge on any atom is 0.212 e. The fourth-order valence-electron chi connectivity index (χ4n) is 1.49. The number of hydrogen-bond acceptors (Lipinski definition) is 1. The molecule has 0 fully saturated rings. The van der Waals surface area contributed by atoms with Crippen molar-refractivity contribution in [3.63, 3.8) is 0 Å². The Morgan fingerprint density at radius 1 is 1.20 bits per heavy atom. The fraction of sp³-hybridized carbons (Fsp3) is 0.0833. The van der Waals surface area contributed by atoms with Crippen LogP contribution >= 0.6 is 15.9 Å². The molecule has 0 radical (unpaired) electrons. The topological polar surface area (TPSA) is 12.9 Å². The molecule has 0 saturated carbocycles. The molecule has 0 amide bonds. The third-order valence-corrected chi connectivity index (χ3v) is 2.72.